The van der Waals surface area contributed by atoms with Gasteiger partial charge >= 0.3 is 12.4 Å². The van der Waals surface area contributed by atoms with E-state index in [1.54, 1.807) is 6.07 Å². The van der Waals surface area contributed by atoms with Crippen molar-refractivity contribution in [3.8, 4) is 0 Å². The number of hydrogen-bond acceptors (Lipinski definition) is 3. The summed E-state index contributed by atoms with van der Waals surface area (Å²) < 4.78 is 75.4. The number of H-pyrrole nitrogens is 1. The Balaban J connectivity index is 2.38. The first-order valence-corrected chi connectivity index (χ1v) is 6.15. The summed E-state index contributed by atoms with van der Waals surface area (Å²) in [6.45, 7) is 0. The molecule has 0 aliphatic heterocycles. The SMILES string of the molecule is O=C(Nc1nc(C(=O)C(F)(F)F)c(C(F)(F)F)[nH]1)c1ccccc1. The summed E-state index contributed by atoms with van der Waals surface area (Å²) >= 11 is 0. The molecular weight excluding hydrogens is 344 g/mol. The van der Waals surface area contributed by atoms with Crippen molar-refractivity contribution in [3.05, 3.63) is 47.3 Å². The lowest BCUT2D eigenvalue weighted by Crippen LogP contribution is -2.26. The summed E-state index contributed by atoms with van der Waals surface area (Å²) in [6.07, 6.45) is -10.8. The van der Waals surface area contributed by atoms with Crippen LogP contribution in [0.3, 0.4) is 0 Å². The topological polar surface area (TPSA) is 74.8 Å². The average Bonchev–Trinajstić information content (AvgIpc) is 2.90. The Morgan fingerprint density at radius 3 is 2.08 bits per heavy atom. The van der Waals surface area contributed by atoms with Crippen LogP contribution in [0, 0.1) is 0 Å². The van der Waals surface area contributed by atoms with E-state index in [1.807, 2.05) is 5.32 Å². The highest BCUT2D eigenvalue weighted by molar-refractivity contribution is 6.04. The van der Waals surface area contributed by atoms with Gasteiger partial charge in [0, 0.05) is 5.56 Å². The molecule has 2 N–H and O–H groups in total. The Morgan fingerprint density at radius 2 is 1.58 bits per heavy atom. The molecule has 0 unspecified atom stereocenters. The number of halogens is 6. The van der Waals surface area contributed by atoms with Crippen molar-refractivity contribution in [3.63, 3.8) is 0 Å². The number of nitrogens with one attached hydrogen (secondary N) is 2. The van der Waals surface area contributed by atoms with Crippen LogP contribution < -0.4 is 5.32 Å². The molecule has 1 aromatic carbocycles. The summed E-state index contributed by atoms with van der Waals surface area (Å²) in [6, 6.07) is 7.16. The zero-order valence-corrected chi connectivity index (χ0v) is 11.4. The maximum absolute atomic E-state index is 12.8. The highest BCUT2D eigenvalue weighted by atomic mass is 19.4. The van der Waals surface area contributed by atoms with Crippen LogP contribution >= 0.6 is 0 Å². The molecule has 0 bridgehead atoms. The van der Waals surface area contributed by atoms with Gasteiger partial charge < -0.3 is 4.98 Å². The Kier molecular flexibility index (Phi) is 4.36. The van der Waals surface area contributed by atoms with E-state index >= 15 is 0 Å². The van der Waals surface area contributed by atoms with Crippen molar-refractivity contribution < 1.29 is 35.9 Å². The number of aromatic amines is 1. The van der Waals surface area contributed by atoms with Gasteiger partial charge in [-0.05, 0) is 12.1 Å². The molecule has 0 aliphatic carbocycles. The molecule has 0 saturated heterocycles. The van der Waals surface area contributed by atoms with Crippen LogP contribution in [0.15, 0.2) is 30.3 Å². The van der Waals surface area contributed by atoms with Crippen molar-refractivity contribution in [2.45, 2.75) is 12.4 Å². The number of hydrogen-bond donors (Lipinski definition) is 2. The molecule has 0 fully saturated rings. The number of carbonyl (C=O) groups is 2. The van der Waals surface area contributed by atoms with E-state index in [-0.39, 0.29) is 5.56 Å². The Labute approximate surface area is 129 Å². The first kappa shape index (κ1) is 17.5. The highest BCUT2D eigenvalue weighted by Gasteiger charge is 2.47. The van der Waals surface area contributed by atoms with Crippen LogP contribution in [0.4, 0.5) is 32.3 Å². The fourth-order valence-electron chi connectivity index (χ4n) is 1.71. The molecule has 24 heavy (non-hydrogen) atoms. The average molecular weight is 351 g/mol. The van der Waals surface area contributed by atoms with Crippen LogP contribution in [0.25, 0.3) is 0 Å². The normalized spacial score (nSPS) is 12.1. The molecule has 0 saturated carbocycles. The number of nitrogens with zero attached hydrogens (tertiary/aromatic N) is 1. The van der Waals surface area contributed by atoms with Gasteiger partial charge in [-0.25, -0.2) is 4.98 Å². The summed E-state index contributed by atoms with van der Waals surface area (Å²) in [5, 5.41) is 1.87. The molecule has 128 valence electrons. The monoisotopic (exact) mass is 351 g/mol. The van der Waals surface area contributed by atoms with E-state index in [2.05, 4.69) is 4.98 Å². The smallest absolute Gasteiger partial charge is 0.320 e. The third-order valence-corrected chi connectivity index (χ3v) is 2.73. The minimum absolute atomic E-state index is 0.0335. The fourth-order valence-corrected chi connectivity index (χ4v) is 1.71. The first-order chi connectivity index (χ1) is 11.0. The number of carbonyl (C=O) groups excluding carboxylic acids is 2. The van der Waals surface area contributed by atoms with Gasteiger partial charge in [0.1, 0.15) is 5.69 Å². The number of ketones is 1. The van der Waals surface area contributed by atoms with Crippen LogP contribution in [-0.4, -0.2) is 27.8 Å². The van der Waals surface area contributed by atoms with Crippen molar-refractivity contribution in [1.29, 1.82) is 0 Å². The minimum Gasteiger partial charge on any atom is -0.320 e. The van der Waals surface area contributed by atoms with E-state index in [0.717, 1.165) is 0 Å². The molecule has 0 spiro atoms. The van der Waals surface area contributed by atoms with Crippen LogP contribution in [0.5, 0.6) is 0 Å². The van der Waals surface area contributed by atoms with Gasteiger partial charge in [0.2, 0.25) is 5.95 Å². The molecule has 2 rings (SSSR count). The molecule has 1 heterocycles. The third-order valence-electron chi connectivity index (χ3n) is 2.73. The maximum atomic E-state index is 12.8. The summed E-state index contributed by atoms with van der Waals surface area (Å²) in [5.74, 6) is -4.61. The Hall–Kier alpha value is -2.85. The minimum atomic E-state index is -5.55. The predicted molar refractivity (Wildman–Crippen MR) is 68.4 cm³/mol. The first-order valence-electron chi connectivity index (χ1n) is 6.15. The zero-order valence-electron chi connectivity index (χ0n) is 11.4. The lowest BCUT2D eigenvalue weighted by molar-refractivity contribution is -0.141. The molecule has 0 atom stereocenters. The van der Waals surface area contributed by atoms with E-state index in [1.165, 1.54) is 29.2 Å². The quantitative estimate of drug-likeness (QED) is 0.657. The number of rotatable bonds is 3. The van der Waals surface area contributed by atoms with Gasteiger partial charge in [-0.3, -0.25) is 14.9 Å². The summed E-state index contributed by atoms with van der Waals surface area (Å²) in [4.78, 5) is 27.3. The van der Waals surface area contributed by atoms with E-state index < -0.39 is 41.4 Å². The Morgan fingerprint density at radius 1 is 1.00 bits per heavy atom. The van der Waals surface area contributed by atoms with Gasteiger partial charge in [0.15, 0.2) is 5.69 Å². The maximum Gasteiger partial charge on any atom is 0.456 e. The van der Waals surface area contributed by atoms with E-state index in [4.69, 9.17) is 0 Å². The van der Waals surface area contributed by atoms with E-state index in [9.17, 15) is 35.9 Å². The van der Waals surface area contributed by atoms with Gasteiger partial charge in [0.25, 0.3) is 11.7 Å². The standard InChI is InChI=1S/C13H7F6N3O2/c14-12(15,16)8-7(9(23)13(17,18)19)20-11(21-8)22-10(24)6-4-2-1-3-5-6/h1-5H,(H2,20,21,22,24). The second-order valence-corrected chi connectivity index (χ2v) is 4.45. The van der Waals surface area contributed by atoms with Crippen LogP contribution in [-0.2, 0) is 6.18 Å². The molecule has 1 amide bonds. The third kappa shape index (κ3) is 3.73. The number of anilines is 1. The molecule has 5 nitrogen and oxygen atoms in total. The van der Waals surface area contributed by atoms with Gasteiger partial charge in [0.05, 0.1) is 0 Å². The highest BCUT2D eigenvalue weighted by Crippen LogP contribution is 2.34. The number of benzene rings is 1. The van der Waals surface area contributed by atoms with Crippen molar-refractivity contribution >= 4 is 17.6 Å². The Bertz CT molecular complexity index is 764. The van der Waals surface area contributed by atoms with E-state index in [0.29, 0.717) is 0 Å². The molecule has 2 aromatic rings. The van der Waals surface area contributed by atoms with Crippen molar-refractivity contribution in [1.82, 2.24) is 9.97 Å². The number of amides is 1. The second kappa shape index (κ2) is 5.98. The lowest BCUT2D eigenvalue weighted by Gasteiger charge is -2.07. The number of alkyl halides is 6. The van der Waals surface area contributed by atoms with Crippen molar-refractivity contribution in [2.24, 2.45) is 0 Å². The van der Waals surface area contributed by atoms with Gasteiger partial charge in [-0.2, -0.15) is 26.3 Å². The van der Waals surface area contributed by atoms with Crippen molar-refractivity contribution in [2.75, 3.05) is 5.32 Å². The summed E-state index contributed by atoms with van der Waals surface area (Å²) in [5.41, 5.74) is -3.82. The van der Waals surface area contributed by atoms with Crippen LogP contribution in [0.1, 0.15) is 26.5 Å². The second-order valence-electron chi connectivity index (χ2n) is 4.45. The number of imidazole rings is 1. The molecule has 0 aliphatic rings. The molecule has 0 radical (unpaired) electrons. The summed E-state index contributed by atoms with van der Waals surface area (Å²) in [7, 11) is 0. The van der Waals surface area contributed by atoms with Gasteiger partial charge in [-0.15, -0.1) is 0 Å². The zero-order chi connectivity index (χ0) is 18.1. The largest absolute Gasteiger partial charge is 0.456 e. The molecular formula is C13H7F6N3O2. The number of Topliss-reactive ketones (excluding diaryl/α,β-unsaturated/α-hetero) is 1. The van der Waals surface area contributed by atoms with Gasteiger partial charge in [-0.1, -0.05) is 18.2 Å². The molecule has 11 heteroatoms. The van der Waals surface area contributed by atoms with Crippen LogP contribution in [0.2, 0.25) is 0 Å². The predicted octanol–water partition coefficient (Wildman–Crippen LogP) is 3.43. The number of aromatic nitrogens is 2. The molecule has 1 aromatic heterocycles. The fraction of sp³-hybridized carbons (Fsp3) is 0.154. The lowest BCUT2D eigenvalue weighted by atomic mass is 10.2.